The average Bonchev–Trinajstić information content (AvgIpc) is 2.98. The zero-order chi connectivity index (χ0) is 31.6. The van der Waals surface area contributed by atoms with Crippen LogP contribution in [-0.4, -0.2) is 198 Å². The van der Waals surface area contributed by atoms with Gasteiger partial charge < -0.3 is 94.4 Å². The predicted octanol–water partition coefficient (Wildman–Crippen LogP) is -7.69. The van der Waals surface area contributed by atoms with Gasteiger partial charge in [-0.2, -0.15) is 0 Å². The summed E-state index contributed by atoms with van der Waals surface area (Å²) in [7, 11) is 0. The largest absolute Gasteiger partial charge is 0.394 e. The van der Waals surface area contributed by atoms with Crippen molar-refractivity contribution < 1.29 is 94.4 Å². The first-order valence-corrected chi connectivity index (χ1v) is 13.9. The standard InChI is InChI=1S/C24H42O19/c25-3-10-7(28)1-8(29)23(41-10)37-6-13-15(30)9(40-24-19(34)18(33)16(31)11(4-26)42-24)2-14(38-13)43-21-17(32)12(5-27)39-22(36)20(21)35/h7-36H,1-6H2/t7-,8+,9+,10+,11+,12+,13+,14-,15-,16+,17+,18-,19+,20+,21-,22+,23+,24+/m0/s1. The van der Waals surface area contributed by atoms with Gasteiger partial charge in [0, 0.05) is 12.8 Å². The molecule has 4 heterocycles. The molecular weight excluding hydrogens is 592 g/mol. The molecule has 0 unspecified atom stereocenters. The van der Waals surface area contributed by atoms with Crippen LogP contribution in [0.25, 0.3) is 0 Å². The highest BCUT2D eigenvalue weighted by atomic mass is 16.7. The summed E-state index contributed by atoms with van der Waals surface area (Å²) in [4.78, 5) is 0. The molecule has 4 fully saturated rings. The van der Waals surface area contributed by atoms with E-state index in [4.69, 9.17) is 33.2 Å². The molecule has 0 spiro atoms. The van der Waals surface area contributed by atoms with Crippen LogP contribution in [0.5, 0.6) is 0 Å². The molecule has 12 N–H and O–H groups in total. The van der Waals surface area contributed by atoms with Gasteiger partial charge in [-0.3, -0.25) is 0 Å². The quantitative estimate of drug-likeness (QED) is 0.106. The van der Waals surface area contributed by atoms with Crippen molar-refractivity contribution >= 4 is 0 Å². The summed E-state index contributed by atoms with van der Waals surface area (Å²) in [6, 6.07) is 0. The average molecular weight is 635 g/mol. The molecule has 19 heteroatoms. The van der Waals surface area contributed by atoms with Crippen LogP contribution in [0.3, 0.4) is 0 Å². The van der Waals surface area contributed by atoms with Gasteiger partial charge in [-0.25, -0.2) is 0 Å². The molecule has 4 saturated heterocycles. The molecule has 0 aromatic carbocycles. The van der Waals surface area contributed by atoms with Gasteiger partial charge in [0.25, 0.3) is 0 Å². The lowest BCUT2D eigenvalue weighted by molar-refractivity contribution is -0.361. The first-order chi connectivity index (χ1) is 20.4. The van der Waals surface area contributed by atoms with E-state index < -0.39 is 137 Å². The Balaban J connectivity index is 1.51. The molecule has 4 aliphatic heterocycles. The van der Waals surface area contributed by atoms with E-state index in [1.807, 2.05) is 0 Å². The van der Waals surface area contributed by atoms with Crippen LogP contribution in [0, 0.1) is 0 Å². The summed E-state index contributed by atoms with van der Waals surface area (Å²) < 4.78 is 38.5. The minimum Gasteiger partial charge on any atom is -0.394 e. The molecule has 0 aromatic rings. The fraction of sp³-hybridized carbons (Fsp3) is 1.00. The Labute approximate surface area is 244 Å². The Hall–Kier alpha value is -0.760. The fourth-order valence-electron chi connectivity index (χ4n) is 5.39. The van der Waals surface area contributed by atoms with Crippen LogP contribution in [-0.2, 0) is 33.2 Å². The minimum absolute atomic E-state index is 0.188. The Morgan fingerprint density at radius 2 is 1.14 bits per heavy atom. The van der Waals surface area contributed by atoms with Gasteiger partial charge in [0.1, 0.15) is 73.2 Å². The molecular formula is C24H42O19. The fourth-order valence-corrected chi connectivity index (χ4v) is 5.39. The third-order valence-electron chi connectivity index (χ3n) is 7.96. The van der Waals surface area contributed by atoms with Crippen molar-refractivity contribution in [2.24, 2.45) is 0 Å². The first-order valence-electron chi connectivity index (χ1n) is 13.9. The van der Waals surface area contributed by atoms with E-state index in [9.17, 15) is 61.3 Å². The smallest absolute Gasteiger partial charge is 0.187 e. The topological polar surface area (TPSA) is 307 Å². The SMILES string of the molecule is OC[C@H]1O[C@@H](O[C@@H]2C[C@H](O[C@@H]3[C@@H](O)[C@H](O)O[C@H](CO)[C@H]3O)O[C@H](CO[C@@H]3O[C@H](CO)[C@@H](O)C[C@H]3O)[C@H]2O)[C@H](O)[C@@H](O)[C@@H]1O. The highest BCUT2D eigenvalue weighted by Crippen LogP contribution is 2.32. The number of aliphatic hydroxyl groups excluding tert-OH is 12. The van der Waals surface area contributed by atoms with E-state index in [0.29, 0.717) is 0 Å². The summed E-state index contributed by atoms with van der Waals surface area (Å²) in [6.45, 7) is -2.57. The van der Waals surface area contributed by atoms with Crippen molar-refractivity contribution in [3.05, 3.63) is 0 Å². The second-order valence-corrected chi connectivity index (χ2v) is 11.0. The Bertz CT molecular complexity index is 853. The molecule has 0 radical (unpaired) electrons. The zero-order valence-corrected chi connectivity index (χ0v) is 22.9. The molecule has 0 aromatic heterocycles. The third kappa shape index (κ3) is 7.80. The van der Waals surface area contributed by atoms with Gasteiger partial charge in [0.15, 0.2) is 25.2 Å². The normalized spacial score (nSPS) is 51.3. The van der Waals surface area contributed by atoms with Crippen molar-refractivity contribution in [2.75, 3.05) is 26.4 Å². The van der Waals surface area contributed by atoms with Crippen molar-refractivity contribution in [2.45, 2.75) is 123 Å². The number of aliphatic hydroxyl groups is 12. The lowest BCUT2D eigenvalue weighted by Crippen LogP contribution is -2.63. The van der Waals surface area contributed by atoms with Gasteiger partial charge >= 0.3 is 0 Å². The number of hydrogen-bond acceptors (Lipinski definition) is 19. The number of ether oxygens (including phenoxy) is 7. The predicted molar refractivity (Wildman–Crippen MR) is 131 cm³/mol. The monoisotopic (exact) mass is 634 g/mol. The summed E-state index contributed by atoms with van der Waals surface area (Å²) in [5.74, 6) is 0. The lowest BCUT2D eigenvalue weighted by atomic mass is 9.97. The molecule has 4 aliphatic rings. The third-order valence-corrected chi connectivity index (χ3v) is 7.96. The second-order valence-electron chi connectivity index (χ2n) is 11.0. The molecule has 0 bridgehead atoms. The molecule has 0 saturated carbocycles. The van der Waals surface area contributed by atoms with Crippen molar-refractivity contribution in [3.63, 3.8) is 0 Å². The highest BCUT2D eigenvalue weighted by Gasteiger charge is 2.51. The van der Waals surface area contributed by atoms with Gasteiger partial charge in [-0.05, 0) is 0 Å². The Morgan fingerprint density at radius 1 is 0.512 bits per heavy atom. The molecule has 4 rings (SSSR count). The molecule has 252 valence electrons. The van der Waals surface area contributed by atoms with Crippen molar-refractivity contribution in [1.29, 1.82) is 0 Å². The Morgan fingerprint density at radius 3 is 1.79 bits per heavy atom. The van der Waals surface area contributed by atoms with Crippen molar-refractivity contribution in [1.82, 2.24) is 0 Å². The van der Waals surface area contributed by atoms with Crippen LogP contribution in [0.15, 0.2) is 0 Å². The van der Waals surface area contributed by atoms with E-state index in [-0.39, 0.29) is 12.8 Å². The maximum Gasteiger partial charge on any atom is 0.187 e. The molecule has 18 atom stereocenters. The summed E-state index contributed by atoms with van der Waals surface area (Å²) in [5, 5.41) is 121. The van der Waals surface area contributed by atoms with Crippen LogP contribution >= 0.6 is 0 Å². The van der Waals surface area contributed by atoms with Crippen LogP contribution in [0.2, 0.25) is 0 Å². The van der Waals surface area contributed by atoms with Gasteiger partial charge in [0.2, 0.25) is 0 Å². The lowest BCUT2D eigenvalue weighted by Gasteiger charge is -2.46. The van der Waals surface area contributed by atoms with E-state index in [1.165, 1.54) is 0 Å². The van der Waals surface area contributed by atoms with E-state index in [0.717, 1.165) is 0 Å². The number of hydrogen-bond donors (Lipinski definition) is 12. The highest BCUT2D eigenvalue weighted by molar-refractivity contribution is 4.94. The molecule has 0 amide bonds. The second kappa shape index (κ2) is 15.2. The maximum absolute atomic E-state index is 11.1. The van der Waals surface area contributed by atoms with Crippen molar-refractivity contribution in [3.8, 4) is 0 Å². The summed E-state index contributed by atoms with van der Waals surface area (Å²) in [5.41, 5.74) is 0. The summed E-state index contributed by atoms with van der Waals surface area (Å²) >= 11 is 0. The molecule has 0 aliphatic carbocycles. The molecule has 19 nitrogen and oxygen atoms in total. The number of rotatable bonds is 10. The van der Waals surface area contributed by atoms with Crippen LogP contribution in [0.4, 0.5) is 0 Å². The van der Waals surface area contributed by atoms with Gasteiger partial charge in [-0.1, -0.05) is 0 Å². The van der Waals surface area contributed by atoms with E-state index in [2.05, 4.69) is 0 Å². The first kappa shape index (κ1) is 35.1. The van der Waals surface area contributed by atoms with Crippen LogP contribution < -0.4 is 0 Å². The zero-order valence-electron chi connectivity index (χ0n) is 22.9. The van der Waals surface area contributed by atoms with Gasteiger partial charge in [-0.15, -0.1) is 0 Å². The van der Waals surface area contributed by atoms with Gasteiger partial charge in [0.05, 0.1) is 38.6 Å². The summed E-state index contributed by atoms with van der Waals surface area (Å²) in [6.07, 6.45) is -27.7. The van der Waals surface area contributed by atoms with E-state index >= 15 is 0 Å². The molecule has 43 heavy (non-hydrogen) atoms. The van der Waals surface area contributed by atoms with E-state index in [1.54, 1.807) is 0 Å². The minimum atomic E-state index is -1.85. The Kier molecular flexibility index (Phi) is 12.4. The maximum atomic E-state index is 11.1. The van der Waals surface area contributed by atoms with Crippen LogP contribution in [0.1, 0.15) is 12.8 Å².